The summed E-state index contributed by atoms with van der Waals surface area (Å²) < 4.78 is 5.28. The third-order valence-electron chi connectivity index (χ3n) is 3.34. The van der Waals surface area contributed by atoms with E-state index in [2.05, 4.69) is 10.6 Å². The van der Waals surface area contributed by atoms with Crippen molar-refractivity contribution in [1.82, 2.24) is 15.5 Å². The first kappa shape index (κ1) is 12.3. The van der Waals surface area contributed by atoms with Gasteiger partial charge in [-0.2, -0.15) is 0 Å². The molecule has 2 fully saturated rings. The maximum Gasteiger partial charge on any atom is 0.245 e. The van der Waals surface area contributed by atoms with Crippen molar-refractivity contribution in [3.05, 3.63) is 0 Å². The van der Waals surface area contributed by atoms with Gasteiger partial charge in [-0.1, -0.05) is 0 Å². The Balaban J connectivity index is 2.09. The third-order valence-corrected chi connectivity index (χ3v) is 3.34. The smallest absolute Gasteiger partial charge is 0.245 e. The van der Waals surface area contributed by atoms with E-state index in [9.17, 15) is 9.59 Å². The maximum atomic E-state index is 12.3. The Morgan fingerprint density at radius 2 is 2.24 bits per heavy atom. The molecule has 2 aliphatic heterocycles. The van der Waals surface area contributed by atoms with Crippen molar-refractivity contribution in [2.24, 2.45) is 0 Å². The average Bonchev–Trinajstić information content (AvgIpc) is 2.33. The molecule has 0 saturated carbocycles. The minimum atomic E-state index is -0.783. The Morgan fingerprint density at radius 1 is 1.47 bits per heavy atom. The van der Waals surface area contributed by atoms with Gasteiger partial charge in [0.1, 0.15) is 11.6 Å². The Hall–Kier alpha value is -1.14. The molecule has 0 aliphatic carbocycles. The first-order chi connectivity index (χ1) is 8.03. The Kier molecular flexibility index (Phi) is 3.35. The summed E-state index contributed by atoms with van der Waals surface area (Å²) in [7, 11) is 0. The molecule has 0 aromatic rings. The monoisotopic (exact) mass is 241 g/mol. The zero-order valence-electron chi connectivity index (χ0n) is 10.3. The number of nitrogens with zero attached hydrogens (tertiary/aromatic N) is 1. The van der Waals surface area contributed by atoms with Crippen LogP contribution in [0, 0.1) is 0 Å². The SMILES string of the molecule is CC1(C)C(=O)NCCN1C(=O)C1COCCN1. The van der Waals surface area contributed by atoms with Crippen molar-refractivity contribution in [2.45, 2.75) is 25.4 Å². The van der Waals surface area contributed by atoms with E-state index in [1.54, 1.807) is 18.7 Å². The van der Waals surface area contributed by atoms with Gasteiger partial charge in [-0.3, -0.25) is 9.59 Å². The highest BCUT2D eigenvalue weighted by Crippen LogP contribution is 2.19. The molecule has 1 atom stereocenters. The number of piperazine rings is 1. The van der Waals surface area contributed by atoms with Crippen LogP contribution in [0.4, 0.5) is 0 Å². The number of amides is 2. The number of rotatable bonds is 1. The van der Waals surface area contributed by atoms with Crippen molar-refractivity contribution in [3.63, 3.8) is 0 Å². The Labute approximate surface area is 101 Å². The van der Waals surface area contributed by atoms with Crippen LogP contribution in [0.25, 0.3) is 0 Å². The molecule has 0 spiro atoms. The highest BCUT2D eigenvalue weighted by atomic mass is 16.5. The Bertz CT molecular complexity index is 324. The van der Waals surface area contributed by atoms with Crippen molar-refractivity contribution in [2.75, 3.05) is 32.8 Å². The molecule has 2 saturated heterocycles. The van der Waals surface area contributed by atoms with Crippen LogP contribution >= 0.6 is 0 Å². The first-order valence-corrected chi connectivity index (χ1v) is 5.94. The average molecular weight is 241 g/mol. The number of carbonyl (C=O) groups is 2. The Morgan fingerprint density at radius 3 is 2.88 bits per heavy atom. The molecule has 6 nitrogen and oxygen atoms in total. The van der Waals surface area contributed by atoms with Crippen LogP contribution < -0.4 is 10.6 Å². The van der Waals surface area contributed by atoms with Gasteiger partial charge in [0, 0.05) is 19.6 Å². The lowest BCUT2D eigenvalue weighted by Gasteiger charge is -2.43. The van der Waals surface area contributed by atoms with Crippen LogP contribution in [0.15, 0.2) is 0 Å². The van der Waals surface area contributed by atoms with Gasteiger partial charge in [-0.25, -0.2) is 0 Å². The lowest BCUT2D eigenvalue weighted by atomic mass is 9.97. The minimum Gasteiger partial charge on any atom is -0.378 e. The van der Waals surface area contributed by atoms with Crippen molar-refractivity contribution in [3.8, 4) is 0 Å². The van der Waals surface area contributed by atoms with Gasteiger partial charge in [0.15, 0.2) is 0 Å². The number of carbonyl (C=O) groups excluding carboxylic acids is 2. The van der Waals surface area contributed by atoms with Gasteiger partial charge in [-0.05, 0) is 13.8 Å². The predicted molar refractivity (Wildman–Crippen MR) is 61.4 cm³/mol. The molecule has 2 aliphatic rings. The summed E-state index contributed by atoms with van der Waals surface area (Å²) in [5.74, 6) is -0.154. The fourth-order valence-electron chi connectivity index (χ4n) is 2.20. The summed E-state index contributed by atoms with van der Waals surface area (Å²) in [5.41, 5.74) is -0.783. The van der Waals surface area contributed by atoms with Gasteiger partial charge in [-0.15, -0.1) is 0 Å². The van der Waals surface area contributed by atoms with Crippen molar-refractivity contribution < 1.29 is 14.3 Å². The number of hydrogen-bond donors (Lipinski definition) is 2. The topological polar surface area (TPSA) is 70.7 Å². The van der Waals surface area contributed by atoms with Crippen LogP contribution in [0.1, 0.15) is 13.8 Å². The van der Waals surface area contributed by atoms with Crippen LogP contribution in [0.3, 0.4) is 0 Å². The summed E-state index contributed by atoms with van der Waals surface area (Å²) >= 11 is 0. The summed E-state index contributed by atoms with van der Waals surface area (Å²) in [4.78, 5) is 25.7. The highest BCUT2D eigenvalue weighted by molar-refractivity contribution is 5.93. The van der Waals surface area contributed by atoms with Gasteiger partial charge >= 0.3 is 0 Å². The number of ether oxygens (including phenoxy) is 1. The number of hydrogen-bond acceptors (Lipinski definition) is 4. The zero-order chi connectivity index (χ0) is 12.5. The third kappa shape index (κ3) is 2.28. The van der Waals surface area contributed by atoms with E-state index in [0.29, 0.717) is 32.8 Å². The summed E-state index contributed by atoms with van der Waals surface area (Å²) in [6.07, 6.45) is 0. The fourth-order valence-corrected chi connectivity index (χ4v) is 2.20. The van der Waals surface area contributed by atoms with Crippen LogP contribution in [-0.2, 0) is 14.3 Å². The van der Waals surface area contributed by atoms with E-state index in [-0.39, 0.29) is 17.9 Å². The molecule has 2 amide bonds. The number of morpholine rings is 1. The van der Waals surface area contributed by atoms with Crippen LogP contribution in [0.5, 0.6) is 0 Å². The van der Waals surface area contributed by atoms with E-state index in [4.69, 9.17) is 4.74 Å². The molecule has 2 N–H and O–H groups in total. The quantitative estimate of drug-likeness (QED) is 0.599. The van der Waals surface area contributed by atoms with E-state index in [1.807, 2.05) is 0 Å². The van der Waals surface area contributed by atoms with E-state index in [0.717, 1.165) is 0 Å². The largest absolute Gasteiger partial charge is 0.378 e. The van der Waals surface area contributed by atoms with Crippen LogP contribution in [0.2, 0.25) is 0 Å². The van der Waals surface area contributed by atoms with Crippen molar-refractivity contribution in [1.29, 1.82) is 0 Å². The summed E-state index contributed by atoms with van der Waals surface area (Å²) in [6.45, 7) is 6.29. The van der Waals surface area contributed by atoms with Gasteiger partial charge in [0.2, 0.25) is 11.8 Å². The zero-order valence-corrected chi connectivity index (χ0v) is 10.3. The molecular weight excluding hydrogens is 222 g/mol. The molecule has 0 radical (unpaired) electrons. The molecule has 6 heteroatoms. The molecule has 2 rings (SSSR count). The second-order valence-electron chi connectivity index (χ2n) is 4.89. The molecule has 96 valence electrons. The summed E-state index contributed by atoms with van der Waals surface area (Å²) in [6, 6.07) is -0.325. The first-order valence-electron chi connectivity index (χ1n) is 5.94. The molecule has 0 aromatic heterocycles. The molecular formula is C11H19N3O3. The van der Waals surface area contributed by atoms with Gasteiger partial charge in [0.25, 0.3) is 0 Å². The lowest BCUT2D eigenvalue weighted by Crippen LogP contribution is -2.67. The normalized spacial score (nSPS) is 28.7. The second-order valence-corrected chi connectivity index (χ2v) is 4.89. The lowest BCUT2D eigenvalue weighted by molar-refractivity contribution is -0.152. The molecule has 0 aromatic carbocycles. The van der Waals surface area contributed by atoms with E-state index < -0.39 is 5.54 Å². The molecule has 2 heterocycles. The van der Waals surface area contributed by atoms with Crippen LogP contribution in [-0.4, -0.2) is 61.1 Å². The molecule has 0 bridgehead atoms. The standard InChI is InChI=1S/C11H19N3O3/c1-11(2)10(16)13-3-5-14(11)9(15)8-7-17-6-4-12-8/h8,12H,3-7H2,1-2H3,(H,13,16). The fraction of sp³-hybridized carbons (Fsp3) is 0.818. The van der Waals surface area contributed by atoms with Crippen molar-refractivity contribution >= 4 is 11.8 Å². The second kappa shape index (κ2) is 4.62. The molecule has 1 unspecified atom stereocenters. The van der Waals surface area contributed by atoms with E-state index >= 15 is 0 Å². The predicted octanol–water partition coefficient (Wildman–Crippen LogP) is -1.29. The maximum absolute atomic E-state index is 12.3. The van der Waals surface area contributed by atoms with Gasteiger partial charge < -0.3 is 20.3 Å². The summed E-state index contributed by atoms with van der Waals surface area (Å²) in [5, 5.41) is 5.90. The van der Waals surface area contributed by atoms with E-state index in [1.165, 1.54) is 0 Å². The minimum absolute atomic E-state index is 0.0513. The highest BCUT2D eigenvalue weighted by Gasteiger charge is 2.42. The number of nitrogens with one attached hydrogen (secondary N) is 2. The molecule has 17 heavy (non-hydrogen) atoms. The van der Waals surface area contributed by atoms with Gasteiger partial charge in [0.05, 0.1) is 13.2 Å².